The smallest absolute Gasteiger partial charge is 0.127 e. The zero-order valence-electron chi connectivity index (χ0n) is 5.36. The largest absolute Gasteiger partial charge is 0.207 e. The number of hydrogen-bond acceptors (Lipinski definition) is 1. The molecule has 0 saturated heterocycles. The van der Waals surface area contributed by atoms with Crippen LogP contribution in [-0.4, -0.2) is 0 Å². The van der Waals surface area contributed by atoms with Gasteiger partial charge in [-0.1, -0.05) is 0 Å². The molecule has 0 spiro atoms. The summed E-state index contributed by atoms with van der Waals surface area (Å²) in [6, 6.07) is 3.21. The predicted octanol–water partition coefficient (Wildman–Crippen LogP) is 3.03. The van der Waals surface area contributed by atoms with Crippen molar-refractivity contribution >= 4 is 35.2 Å². The summed E-state index contributed by atoms with van der Waals surface area (Å²) in [4.78, 5) is 0.698. The molecule has 1 rings (SSSR count). The molecule has 3 heteroatoms. The molecule has 0 atom stereocenters. The third-order valence-electron chi connectivity index (χ3n) is 1.23. The Morgan fingerprint density at radius 3 is 2.60 bits per heavy atom. The summed E-state index contributed by atoms with van der Waals surface area (Å²) in [5, 5.41) is 0. The van der Waals surface area contributed by atoms with Crippen molar-refractivity contribution in [1.29, 1.82) is 0 Å². The minimum absolute atomic E-state index is 0.189. The van der Waals surface area contributed by atoms with Crippen LogP contribution in [0.2, 0.25) is 0 Å². The molecule has 0 radical (unpaired) electrons. The van der Waals surface area contributed by atoms with Gasteiger partial charge < -0.3 is 0 Å². The summed E-state index contributed by atoms with van der Waals surface area (Å²) in [5.41, 5.74) is 0.669. The number of aryl methyl sites for hydroxylation is 1. The molecule has 0 heterocycles. The number of halogens is 2. The third kappa shape index (κ3) is 1.63. The lowest BCUT2D eigenvalue weighted by molar-refractivity contribution is 0.614. The summed E-state index contributed by atoms with van der Waals surface area (Å²) >= 11 is 6.19. The normalized spacial score (nSPS) is 10.0. The Labute approximate surface area is 78.4 Å². The van der Waals surface area contributed by atoms with E-state index in [4.69, 9.17) is 0 Å². The molecule has 0 aliphatic rings. The molecule has 0 saturated carbocycles. The first-order valence-corrected chi connectivity index (χ1v) is 4.28. The van der Waals surface area contributed by atoms with E-state index in [0.29, 0.717) is 10.5 Å². The van der Waals surface area contributed by atoms with Gasteiger partial charge in [0.15, 0.2) is 0 Å². The van der Waals surface area contributed by atoms with E-state index in [2.05, 4.69) is 35.2 Å². The van der Waals surface area contributed by atoms with Crippen molar-refractivity contribution in [2.24, 2.45) is 0 Å². The molecule has 0 N–H and O–H groups in total. The van der Waals surface area contributed by atoms with E-state index in [9.17, 15) is 4.39 Å². The highest BCUT2D eigenvalue weighted by Gasteiger charge is 2.00. The van der Waals surface area contributed by atoms with Crippen molar-refractivity contribution in [3.05, 3.63) is 27.1 Å². The van der Waals surface area contributed by atoms with Gasteiger partial charge in [-0.15, -0.1) is 12.6 Å². The highest BCUT2D eigenvalue weighted by Crippen LogP contribution is 2.19. The van der Waals surface area contributed by atoms with E-state index in [1.54, 1.807) is 13.0 Å². The topological polar surface area (TPSA) is 0 Å². The molecule has 0 bridgehead atoms. The highest BCUT2D eigenvalue weighted by atomic mass is 127. The standard InChI is InChI=1S/C7H6FIS/c1-4-2-6(9)7(10)3-5(4)8/h2-3,10H,1H3. The molecule has 0 nitrogen and oxygen atoms in total. The van der Waals surface area contributed by atoms with E-state index in [0.717, 1.165) is 3.57 Å². The van der Waals surface area contributed by atoms with Crippen molar-refractivity contribution in [3.63, 3.8) is 0 Å². The molecule has 54 valence electrons. The molecule has 0 amide bonds. The van der Waals surface area contributed by atoms with Gasteiger partial charge in [-0.3, -0.25) is 0 Å². The van der Waals surface area contributed by atoms with Crippen LogP contribution in [0.25, 0.3) is 0 Å². The molecular formula is C7H6FIS. The Hall–Kier alpha value is 0.230. The van der Waals surface area contributed by atoms with Gasteiger partial charge in [0, 0.05) is 8.47 Å². The summed E-state index contributed by atoms with van der Waals surface area (Å²) in [6.45, 7) is 1.74. The van der Waals surface area contributed by atoms with Gasteiger partial charge >= 0.3 is 0 Å². The second-order valence-electron chi connectivity index (χ2n) is 2.05. The van der Waals surface area contributed by atoms with E-state index in [-0.39, 0.29) is 5.82 Å². The SMILES string of the molecule is Cc1cc(I)c(S)cc1F. The number of benzene rings is 1. The van der Waals surface area contributed by atoms with Gasteiger partial charge in [-0.2, -0.15) is 0 Å². The average Bonchev–Trinajstić information content (AvgIpc) is 1.84. The second kappa shape index (κ2) is 3.09. The van der Waals surface area contributed by atoms with Crippen molar-refractivity contribution in [2.75, 3.05) is 0 Å². The molecule has 10 heavy (non-hydrogen) atoms. The maximum Gasteiger partial charge on any atom is 0.127 e. The molecule has 0 aliphatic heterocycles. The molecule has 1 aromatic carbocycles. The van der Waals surface area contributed by atoms with Crippen LogP contribution < -0.4 is 0 Å². The Bertz CT molecular complexity index is 210. The molecule has 0 aromatic heterocycles. The van der Waals surface area contributed by atoms with E-state index < -0.39 is 0 Å². The highest BCUT2D eigenvalue weighted by molar-refractivity contribution is 14.1. The maximum atomic E-state index is 12.7. The average molecular weight is 268 g/mol. The fourth-order valence-electron chi connectivity index (χ4n) is 0.636. The number of hydrogen-bond donors (Lipinski definition) is 1. The number of rotatable bonds is 0. The first kappa shape index (κ1) is 8.33. The first-order valence-electron chi connectivity index (χ1n) is 2.76. The quantitative estimate of drug-likeness (QED) is 0.542. The van der Waals surface area contributed by atoms with Gasteiger partial charge in [0.1, 0.15) is 5.82 Å². The summed E-state index contributed by atoms with van der Waals surface area (Å²) in [6.07, 6.45) is 0. The van der Waals surface area contributed by atoms with Crippen LogP contribution in [0.3, 0.4) is 0 Å². The van der Waals surface area contributed by atoms with Gasteiger partial charge in [0.05, 0.1) is 0 Å². The van der Waals surface area contributed by atoms with E-state index in [1.807, 2.05) is 0 Å². The Morgan fingerprint density at radius 2 is 2.10 bits per heavy atom. The van der Waals surface area contributed by atoms with Gasteiger partial charge in [0.2, 0.25) is 0 Å². The first-order chi connectivity index (χ1) is 4.61. The zero-order valence-corrected chi connectivity index (χ0v) is 8.41. The Balaban J connectivity index is 3.28. The van der Waals surface area contributed by atoms with Crippen molar-refractivity contribution in [2.45, 2.75) is 11.8 Å². The fraction of sp³-hybridized carbons (Fsp3) is 0.143. The molecular weight excluding hydrogens is 262 g/mol. The molecule has 0 unspecified atom stereocenters. The predicted molar refractivity (Wildman–Crippen MR) is 51.1 cm³/mol. The Kier molecular flexibility index (Phi) is 2.57. The lowest BCUT2D eigenvalue weighted by Crippen LogP contribution is -1.84. The lowest BCUT2D eigenvalue weighted by Gasteiger charge is -1.99. The summed E-state index contributed by atoms with van der Waals surface area (Å²) in [5.74, 6) is -0.189. The lowest BCUT2D eigenvalue weighted by atomic mass is 10.2. The van der Waals surface area contributed by atoms with Gasteiger partial charge in [-0.05, 0) is 47.2 Å². The van der Waals surface area contributed by atoms with Crippen LogP contribution in [0.15, 0.2) is 17.0 Å². The summed E-state index contributed by atoms with van der Waals surface area (Å²) < 4.78 is 13.7. The Morgan fingerprint density at radius 1 is 1.50 bits per heavy atom. The molecule has 0 aliphatic carbocycles. The molecule has 0 fully saturated rings. The van der Waals surface area contributed by atoms with Crippen LogP contribution in [0.4, 0.5) is 4.39 Å². The minimum atomic E-state index is -0.189. The monoisotopic (exact) mass is 268 g/mol. The van der Waals surface area contributed by atoms with Crippen LogP contribution in [0.1, 0.15) is 5.56 Å². The van der Waals surface area contributed by atoms with E-state index in [1.165, 1.54) is 6.07 Å². The van der Waals surface area contributed by atoms with Crippen molar-refractivity contribution in [1.82, 2.24) is 0 Å². The van der Waals surface area contributed by atoms with Gasteiger partial charge in [-0.25, -0.2) is 4.39 Å². The van der Waals surface area contributed by atoms with Crippen LogP contribution in [0.5, 0.6) is 0 Å². The van der Waals surface area contributed by atoms with Crippen LogP contribution in [0, 0.1) is 16.3 Å². The second-order valence-corrected chi connectivity index (χ2v) is 3.70. The van der Waals surface area contributed by atoms with Crippen molar-refractivity contribution in [3.8, 4) is 0 Å². The van der Waals surface area contributed by atoms with E-state index >= 15 is 0 Å². The fourth-order valence-corrected chi connectivity index (χ4v) is 1.44. The van der Waals surface area contributed by atoms with Crippen LogP contribution >= 0.6 is 35.2 Å². The third-order valence-corrected chi connectivity index (χ3v) is 2.92. The van der Waals surface area contributed by atoms with Crippen LogP contribution in [-0.2, 0) is 0 Å². The maximum absolute atomic E-state index is 12.7. The molecule has 1 aromatic rings. The summed E-state index contributed by atoms with van der Waals surface area (Å²) in [7, 11) is 0. The van der Waals surface area contributed by atoms with Crippen molar-refractivity contribution < 1.29 is 4.39 Å². The zero-order chi connectivity index (χ0) is 7.72. The van der Waals surface area contributed by atoms with Gasteiger partial charge in [0.25, 0.3) is 0 Å². The minimum Gasteiger partial charge on any atom is -0.207 e. The number of thiol groups is 1.